The van der Waals surface area contributed by atoms with Gasteiger partial charge in [-0.05, 0) is 97.3 Å². The smallest absolute Gasteiger partial charge is 0.457 e. The second kappa shape index (κ2) is 18.9. The third-order valence-electron chi connectivity index (χ3n) is 10.9. The van der Waals surface area contributed by atoms with Crippen LogP contribution in [0.25, 0.3) is 33.7 Å². The van der Waals surface area contributed by atoms with E-state index in [9.17, 15) is 43.9 Å². The zero-order valence-corrected chi connectivity index (χ0v) is 35.9. The maximum absolute atomic E-state index is 14.8. The van der Waals surface area contributed by atoms with Gasteiger partial charge in [-0.25, -0.2) is 4.99 Å². The van der Waals surface area contributed by atoms with Crippen LogP contribution in [0.4, 0.5) is 43.9 Å². The fourth-order valence-corrected chi connectivity index (χ4v) is 7.39. The summed E-state index contributed by atoms with van der Waals surface area (Å²) in [5, 5.41) is 0. The Bertz CT molecular complexity index is 2910. The number of halogens is 10. The molecule has 0 bridgehead atoms. The number of allylic oxidation sites excluding steroid dienone is 1. The highest BCUT2D eigenvalue weighted by Gasteiger charge is 2.60. The van der Waals surface area contributed by atoms with Crippen LogP contribution in [-0.2, 0) is 9.31 Å². The number of para-hydroxylation sites is 2. The predicted molar refractivity (Wildman–Crippen MR) is 239 cm³/mol. The average Bonchev–Trinajstić information content (AvgIpc) is 3.90. The fourth-order valence-electron chi connectivity index (χ4n) is 7.39. The molecule has 0 aliphatic carbocycles. The van der Waals surface area contributed by atoms with Crippen molar-refractivity contribution in [2.45, 2.75) is 38.0 Å². The lowest BCUT2D eigenvalue weighted by Crippen LogP contribution is -2.48. The average molecular weight is 943 g/mol. The van der Waals surface area contributed by atoms with Crippen LogP contribution in [0.3, 0.4) is 0 Å². The first-order valence-corrected chi connectivity index (χ1v) is 20.8. The molecule has 6 nitrogen and oxygen atoms in total. The molecule has 0 spiro atoms. The molecular weight excluding hydrogens is 905 g/mol. The molecule has 17 heteroatoms. The van der Waals surface area contributed by atoms with E-state index >= 15 is 0 Å². The molecule has 0 radical (unpaired) electrons. The molecule has 0 atom stereocenters. The SMILES string of the molecule is C/C(=C1/N=C(c2ccc(C)cc2)c2ccccc21)c1c(-c2ccc(Oc3ccccc3)cc2)cc(-c2ccc(Oc3ccccc3)cc2)n1B(OCC(F)(F)C(F)(F)F)OCC(F)(F)C(F)(F)F. The van der Waals surface area contributed by atoms with Crippen molar-refractivity contribution >= 4 is 24.2 Å². The van der Waals surface area contributed by atoms with Crippen molar-refractivity contribution in [2.75, 3.05) is 13.2 Å². The molecule has 6 aromatic carbocycles. The van der Waals surface area contributed by atoms with E-state index < -0.39 is 44.7 Å². The Balaban J connectivity index is 1.39. The van der Waals surface area contributed by atoms with Crippen molar-refractivity contribution in [3.8, 4) is 45.4 Å². The quantitative estimate of drug-likeness (QED) is 0.0759. The third kappa shape index (κ3) is 10.1. The van der Waals surface area contributed by atoms with Gasteiger partial charge in [0.2, 0.25) is 0 Å². The summed E-state index contributed by atoms with van der Waals surface area (Å²) in [4.78, 5) is 5.02. The summed E-state index contributed by atoms with van der Waals surface area (Å²) in [5.74, 6) is -9.61. The van der Waals surface area contributed by atoms with Gasteiger partial charge in [0.15, 0.2) is 0 Å². The highest BCUT2D eigenvalue weighted by molar-refractivity contribution is 6.44. The number of rotatable bonds is 15. The topological polar surface area (TPSA) is 54.2 Å². The lowest BCUT2D eigenvalue weighted by atomic mass is 9.94. The van der Waals surface area contributed by atoms with E-state index in [-0.39, 0.29) is 33.8 Å². The Morgan fingerprint density at radius 2 is 0.926 bits per heavy atom. The van der Waals surface area contributed by atoms with Crippen LogP contribution in [0.15, 0.2) is 169 Å². The first-order chi connectivity index (χ1) is 32.3. The lowest BCUT2D eigenvalue weighted by Gasteiger charge is -2.27. The monoisotopic (exact) mass is 942 g/mol. The highest BCUT2D eigenvalue weighted by atomic mass is 19.4. The van der Waals surface area contributed by atoms with Crippen LogP contribution >= 0.6 is 0 Å². The van der Waals surface area contributed by atoms with Crippen molar-refractivity contribution in [2.24, 2.45) is 4.99 Å². The molecule has 0 unspecified atom stereocenters. The van der Waals surface area contributed by atoms with Crippen molar-refractivity contribution < 1.29 is 62.7 Å². The molecule has 0 fully saturated rings. The molecule has 0 saturated heterocycles. The number of aromatic nitrogens is 1. The van der Waals surface area contributed by atoms with Gasteiger partial charge in [-0.15, -0.1) is 0 Å². The third-order valence-corrected chi connectivity index (χ3v) is 10.9. The van der Waals surface area contributed by atoms with E-state index in [0.717, 1.165) is 10.0 Å². The van der Waals surface area contributed by atoms with Gasteiger partial charge in [0.25, 0.3) is 0 Å². The minimum atomic E-state index is -6.22. The number of fused-ring (bicyclic) bond motifs is 1. The van der Waals surface area contributed by atoms with Crippen LogP contribution in [0.2, 0.25) is 0 Å². The summed E-state index contributed by atoms with van der Waals surface area (Å²) >= 11 is 0. The summed E-state index contributed by atoms with van der Waals surface area (Å²) in [7, 11) is -2.79. The van der Waals surface area contributed by atoms with Gasteiger partial charge in [-0.1, -0.05) is 103 Å². The van der Waals surface area contributed by atoms with Crippen molar-refractivity contribution in [3.05, 3.63) is 192 Å². The Labute approximate surface area is 383 Å². The number of ether oxygens (including phenoxy) is 2. The number of aliphatic imine (C=N–C) groups is 1. The molecular formula is C51H37BF10N2O4. The Morgan fingerprint density at radius 1 is 0.500 bits per heavy atom. The van der Waals surface area contributed by atoms with Crippen molar-refractivity contribution in [1.29, 1.82) is 0 Å². The summed E-state index contributed by atoms with van der Waals surface area (Å²) < 4.78 is 164. The van der Waals surface area contributed by atoms with Gasteiger partial charge in [-0.2, -0.15) is 43.9 Å². The van der Waals surface area contributed by atoms with Gasteiger partial charge in [-0.3, -0.25) is 0 Å². The van der Waals surface area contributed by atoms with Crippen LogP contribution < -0.4 is 9.47 Å². The maximum Gasteiger partial charge on any atom is 0.598 e. The number of nitrogens with zero attached hydrogens (tertiary/aromatic N) is 2. The molecule has 0 saturated carbocycles. The normalized spacial score (nSPS) is 13.8. The summed E-state index contributed by atoms with van der Waals surface area (Å²) in [6.07, 6.45) is -12.4. The van der Waals surface area contributed by atoms with E-state index in [2.05, 4.69) is 0 Å². The zero-order valence-electron chi connectivity index (χ0n) is 35.9. The van der Waals surface area contributed by atoms with Crippen LogP contribution in [-0.4, -0.2) is 54.9 Å². The zero-order chi connectivity index (χ0) is 48.4. The maximum atomic E-state index is 14.8. The largest absolute Gasteiger partial charge is 0.598 e. The molecule has 68 heavy (non-hydrogen) atoms. The summed E-state index contributed by atoms with van der Waals surface area (Å²) in [5.41, 5.74) is 4.28. The first-order valence-electron chi connectivity index (χ1n) is 20.8. The number of aryl methyl sites for hydroxylation is 1. The van der Waals surface area contributed by atoms with Gasteiger partial charge in [0, 0.05) is 33.6 Å². The number of alkyl halides is 10. The van der Waals surface area contributed by atoms with Gasteiger partial charge in [0.1, 0.15) is 36.2 Å². The van der Waals surface area contributed by atoms with E-state index in [1.807, 2.05) is 31.2 Å². The van der Waals surface area contributed by atoms with E-state index in [4.69, 9.17) is 23.8 Å². The van der Waals surface area contributed by atoms with Crippen molar-refractivity contribution in [3.63, 3.8) is 0 Å². The molecule has 8 rings (SSSR count). The van der Waals surface area contributed by atoms with Gasteiger partial charge >= 0.3 is 31.5 Å². The molecule has 2 heterocycles. The minimum Gasteiger partial charge on any atom is -0.457 e. The molecule has 1 aliphatic rings. The Morgan fingerprint density at radius 3 is 1.41 bits per heavy atom. The van der Waals surface area contributed by atoms with E-state index in [1.165, 1.54) is 30.3 Å². The standard InChI is InChI=1S/C51H37BF10N2O4/c1-32-17-19-36(20-18-32)46-42-16-10-9-15-41(42)45(63-46)33(2)47-43(34-21-25-39(26-22-34)67-37-11-5-3-6-12-37)29-44(35-23-27-40(28-24-35)68-38-13-7-4-8-14-38)64(47)52(65-30-48(53,54)50(57,58)59)66-31-49(55,56)51(60,61)62/h3-29H,30-31H2,1-2H3/b45-33-. The second-order valence-electron chi connectivity index (χ2n) is 15.7. The van der Waals surface area contributed by atoms with Crippen LogP contribution in [0, 0.1) is 6.92 Å². The summed E-state index contributed by atoms with van der Waals surface area (Å²) in [6.45, 7) is -1.62. The molecule has 0 amide bonds. The number of benzene rings is 6. The van der Waals surface area contributed by atoms with E-state index in [0.29, 0.717) is 51.0 Å². The van der Waals surface area contributed by atoms with Crippen LogP contribution in [0.1, 0.15) is 34.9 Å². The van der Waals surface area contributed by atoms with E-state index in [1.54, 1.807) is 116 Å². The van der Waals surface area contributed by atoms with Gasteiger partial charge < -0.3 is 23.3 Å². The molecule has 1 aliphatic heterocycles. The number of hydrogen-bond donors (Lipinski definition) is 0. The molecule has 0 N–H and O–H groups in total. The first kappa shape index (κ1) is 47.4. The molecule has 7 aromatic rings. The number of hydrogen-bond acceptors (Lipinski definition) is 5. The highest BCUT2D eigenvalue weighted by Crippen LogP contribution is 2.45. The van der Waals surface area contributed by atoms with Crippen LogP contribution in [0.5, 0.6) is 23.0 Å². The Hall–Kier alpha value is -7.11. The second-order valence-corrected chi connectivity index (χ2v) is 15.7. The van der Waals surface area contributed by atoms with Crippen molar-refractivity contribution in [1.82, 2.24) is 4.48 Å². The summed E-state index contributed by atoms with van der Waals surface area (Å²) in [6, 6.07) is 45.7. The fraction of sp³-hybridized carbons (Fsp3) is 0.157. The minimum absolute atomic E-state index is 0.101. The van der Waals surface area contributed by atoms with Gasteiger partial charge in [0.05, 0.1) is 11.4 Å². The molecule has 1 aromatic heterocycles. The Kier molecular flexibility index (Phi) is 13.2. The predicted octanol–water partition coefficient (Wildman–Crippen LogP) is 14.7. The lowest BCUT2D eigenvalue weighted by molar-refractivity contribution is -0.295. The molecule has 348 valence electrons.